The zero-order valence-electron chi connectivity index (χ0n) is 13.2. The summed E-state index contributed by atoms with van der Waals surface area (Å²) in [6.45, 7) is 0.595. The Bertz CT molecular complexity index is 623. The Balaban J connectivity index is 1.68. The molecule has 0 saturated heterocycles. The number of aryl methyl sites for hydroxylation is 1. The molecule has 1 unspecified atom stereocenters. The van der Waals surface area contributed by atoms with E-state index in [1.54, 1.807) is 14.2 Å². The lowest BCUT2D eigenvalue weighted by molar-refractivity contribution is -0.123. The molecule has 128 valence electrons. The second-order valence-electron chi connectivity index (χ2n) is 5.73. The number of nitrogens with one attached hydrogen (secondary N) is 3. The predicted octanol–water partition coefficient (Wildman–Crippen LogP) is -1.80. The van der Waals surface area contributed by atoms with Crippen LogP contribution in [-0.2, 0) is 16.6 Å². The number of amides is 2. The van der Waals surface area contributed by atoms with Gasteiger partial charge in [-0.05, 0) is 12.3 Å². The van der Waals surface area contributed by atoms with Gasteiger partial charge in [-0.3, -0.25) is 24.2 Å². The number of aliphatic hydroxyl groups excluding tert-OH is 1. The smallest absolute Gasteiger partial charge is 0.269 e. The van der Waals surface area contributed by atoms with Crippen LogP contribution in [0.5, 0.6) is 0 Å². The van der Waals surface area contributed by atoms with Crippen molar-refractivity contribution in [2.45, 2.75) is 12.5 Å². The van der Waals surface area contributed by atoms with Crippen molar-refractivity contribution in [3.05, 3.63) is 22.1 Å². The molecule has 2 rings (SSSR count). The topological polar surface area (TPSA) is 125 Å². The summed E-state index contributed by atoms with van der Waals surface area (Å²) in [6.07, 6.45) is -0.105. The molecule has 1 aromatic rings. The molecule has 4 N–H and O–H groups in total. The maximum Gasteiger partial charge on any atom is 0.269 e. The molecule has 1 aliphatic carbocycles. The van der Waals surface area contributed by atoms with Gasteiger partial charge in [0.2, 0.25) is 5.91 Å². The molecular formula is C14H22N4O5. The lowest BCUT2D eigenvalue weighted by atomic mass is 10.3. The Kier molecular flexibility index (Phi) is 5.56. The van der Waals surface area contributed by atoms with Crippen molar-refractivity contribution < 1.29 is 19.4 Å². The monoisotopic (exact) mass is 326 g/mol. The number of H-pyrrole nitrogens is 1. The van der Waals surface area contributed by atoms with E-state index in [0.29, 0.717) is 6.61 Å². The highest BCUT2D eigenvalue weighted by Gasteiger charge is 2.42. The SMILES string of the molecule is COC[C@H]1C[C@@H]1C(=O)NCC(O)CNC(=O)c1cc(=O)[nH]n1C. The van der Waals surface area contributed by atoms with E-state index in [0.717, 1.165) is 6.42 Å². The van der Waals surface area contributed by atoms with E-state index in [4.69, 9.17) is 4.74 Å². The summed E-state index contributed by atoms with van der Waals surface area (Å²) in [5.74, 6) is -0.373. The van der Waals surface area contributed by atoms with Crippen molar-refractivity contribution in [1.29, 1.82) is 0 Å². The molecule has 0 spiro atoms. The van der Waals surface area contributed by atoms with Crippen LogP contribution in [0.4, 0.5) is 0 Å². The number of ether oxygens (including phenoxy) is 1. The van der Waals surface area contributed by atoms with E-state index < -0.39 is 12.0 Å². The normalized spacial score (nSPS) is 20.8. The van der Waals surface area contributed by atoms with Crippen LogP contribution < -0.4 is 16.2 Å². The number of aromatic nitrogens is 2. The van der Waals surface area contributed by atoms with Gasteiger partial charge in [-0.15, -0.1) is 0 Å². The molecule has 1 aliphatic rings. The molecule has 23 heavy (non-hydrogen) atoms. The van der Waals surface area contributed by atoms with Crippen molar-refractivity contribution in [1.82, 2.24) is 20.4 Å². The van der Waals surface area contributed by atoms with Gasteiger partial charge in [0.15, 0.2) is 0 Å². The summed E-state index contributed by atoms with van der Waals surface area (Å²) < 4.78 is 6.29. The van der Waals surface area contributed by atoms with E-state index >= 15 is 0 Å². The van der Waals surface area contributed by atoms with Crippen LogP contribution in [0.3, 0.4) is 0 Å². The number of aromatic amines is 1. The summed E-state index contributed by atoms with van der Waals surface area (Å²) in [5.41, 5.74) is -0.202. The number of nitrogens with zero attached hydrogens (tertiary/aromatic N) is 1. The van der Waals surface area contributed by atoms with Crippen molar-refractivity contribution >= 4 is 11.8 Å². The third-order valence-electron chi connectivity index (χ3n) is 3.79. The third-order valence-corrected chi connectivity index (χ3v) is 3.79. The molecule has 1 saturated carbocycles. The Hall–Kier alpha value is -2.13. The summed E-state index contributed by atoms with van der Waals surface area (Å²) >= 11 is 0. The highest BCUT2D eigenvalue weighted by molar-refractivity contribution is 5.92. The first-order valence-corrected chi connectivity index (χ1v) is 7.41. The minimum atomic E-state index is -0.904. The van der Waals surface area contributed by atoms with Crippen molar-refractivity contribution in [3.8, 4) is 0 Å². The fourth-order valence-corrected chi connectivity index (χ4v) is 2.39. The van der Waals surface area contributed by atoms with Crippen LogP contribution in [0, 0.1) is 11.8 Å². The summed E-state index contributed by atoms with van der Waals surface area (Å²) in [6, 6.07) is 1.17. The van der Waals surface area contributed by atoms with E-state index in [-0.39, 0.29) is 42.1 Å². The molecule has 1 fully saturated rings. The lowest BCUT2D eigenvalue weighted by Gasteiger charge is -2.13. The van der Waals surface area contributed by atoms with Gasteiger partial charge in [0.25, 0.3) is 11.5 Å². The Morgan fingerprint density at radius 2 is 2.17 bits per heavy atom. The van der Waals surface area contributed by atoms with E-state index in [1.165, 1.54) is 10.7 Å². The van der Waals surface area contributed by atoms with Gasteiger partial charge in [-0.1, -0.05) is 0 Å². The summed E-state index contributed by atoms with van der Waals surface area (Å²) in [7, 11) is 3.14. The molecule has 1 heterocycles. The Morgan fingerprint density at radius 3 is 2.78 bits per heavy atom. The zero-order chi connectivity index (χ0) is 17.0. The van der Waals surface area contributed by atoms with Crippen LogP contribution in [0.15, 0.2) is 10.9 Å². The van der Waals surface area contributed by atoms with Gasteiger partial charge in [-0.25, -0.2) is 0 Å². The minimum absolute atomic E-state index is 0.0232. The van der Waals surface area contributed by atoms with Crippen molar-refractivity contribution in [2.75, 3.05) is 26.8 Å². The van der Waals surface area contributed by atoms with Crippen LogP contribution in [0.2, 0.25) is 0 Å². The molecule has 9 heteroatoms. The van der Waals surface area contributed by atoms with Crippen molar-refractivity contribution in [2.24, 2.45) is 18.9 Å². The predicted molar refractivity (Wildman–Crippen MR) is 80.9 cm³/mol. The molecule has 0 bridgehead atoms. The van der Waals surface area contributed by atoms with Gasteiger partial charge >= 0.3 is 0 Å². The number of rotatable bonds is 8. The number of hydrogen-bond acceptors (Lipinski definition) is 5. The molecule has 0 radical (unpaired) electrons. The van der Waals surface area contributed by atoms with Gasteiger partial charge in [0.05, 0.1) is 6.10 Å². The molecule has 0 aromatic carbocycles. The average molecular weight is 326 g/mol. The van der Waals surface area contributed by atoms with E-state index in [1.807, 2.05) is 0 Å². The number of methoxy groups -OCH3 is 1. The van der Waals surface area contributed by atoms with Crippen molar-refractivity contribution in [3.63, 3.8) is 0 Å². The van der Waals surface area contributed by atoms with Gasteiger partial charge in [0.1, 0.15) is 5.69 Å². The fourth-order valence-electron chi connectivity index (χ4n) is 2.39. The number of hydrogen-bond donors (Lipinski definition) is 4. The van der Waals surface area contributed by atoms with Gasteiger partial charge in [-0.2, -0.15) is 0 Å². The highest BCUT2D eigenvalue weighted by atomic mass is 16.5. The number of aliphatic hydroxyl groups is 1. The molecular weight excluding hydrogens is 304 g/mol. The quantitative estimate of drug-likeness (QED) is 0.449. The zero-order valence-corrected chi connectivity index (χ0v) is 13.2. The second-order valence-corrected chi connectivity index (χ2v) is 5.73. The van der Waals surface area contributed by atoms with Gasteiger partial charge < -0.3 is 20.5 Å². The fraction of sp³-hybridized carbons (Fsp3) is 0.643. The molecule has 3 atom stereocenters. The van der Waals surface area contributed by atoms with Crippen LogP contribution in [0.1, 0.15) is 16.9 Å². The number of carbonyl (C=O) groups is 2. The minimum Gasteiger partial charge on any atom is -0.389 e. The summed E-state index contributed by atoms with van der Waals surface area (Å²) in [4.78, 5) is 34.8. The van der Waals surface area contributed by atoms with Crippen LogP contribution in [0.25, 0.3) is 0 Å². The van der Waals surface area contributed by atoms with Crippen LogP contribution in [-0.4, -0.2) is 59.6 Å². The maximum atomic E-state index is 11.9. The van der Waals surface area contributed by atoms with Crippen LogP contribution >= 0.6 is 0 Å². The van der Waals surface area contributed by atoms with E-state index in [9.17, 15) is 19.5 Å². The van der Waals surface area contributed by atoms with E-state index in [2.05, 4.69) is 15.7 Å². The molecule has 2 amide bonds. The Morgan fingerprint density at radius 1 is 1.48 bits per heavy atom. The summed E-state index contributed by atoms with van der Waals surface area (Å²) in [5, 5.41) is 17.4. The highest BCUT2D eigenvalue weighted by Crippen LogP contribution is 2.38. The average Bonchev–Trinajstić information content (AvgIpc) is 3.19. The number of carbonyl (C=O) groups excluding carboxylic acids is 2. The molecule has 9 nitrogen and oxygen atoms in total. The molecule has 0 aliphatic heterocycles. The third kappa shape index (κ3) is 4.67. The first-order chi connectivity index (χ1) is 10.9. The second kappa shape index (κ2) is 7.42. The largest absolute Gasteiger partial charge is 0.389 e. The molecule has 1 aromatic heterocycles. The Labute approximate surface area is 133 Å². The van der Waals surface area contributed by atoms with Gasteiger partial charge in [0, 0.05) is 45.8 Å². The first-order valence-electron chi connectivity index (χ1n) is 7.41. The first kappa shape index (κ1) is 17.2. The maximum absolute atomic E-state index is 11.9. The standard InChI is InChI=1S/C14H22N4O5/c1-18-11(4-12(20)17-18)14(22)16-6-9(19)5-15-13(21)10-3-8(10)7-23-2/h4,8-10,19H,3,5-7H2,1-2H3,(H,15,21)(H,16,22)(H,17,20)/t8-,9?,10+/m1/s1. The lowest BCUT2D eigenvalue weighted by Crippen LogP contribution is -2.41.